The molecule has 0 aliphatic carbocycles. The molecule has 0 fully saturated rings. The number of carboxylic acids is 1. The van der Waals surface area contributed by atoms with Crippen molar-refractivity contribution in [3.63, 3.8) is 0 Å². The number of hydrogen-bond donors (Lipinski definition) is 1. The number of aromatic carboxylic acids is 1. The molecule has 0 aliphatic rings. The molecule has 0 atom stereocenters. The fourth-order valence-electron chi connectivity index (χ4n) is 2.74. The highest BCUT2D eigenvalue weighted by Gasteiger charge is 2.19. The van der Waals surface area contributed by atoms with E-state index in [9.17, 15) is 9.90 Å². The highest BCUT2D eigenvalue weighted by atomic mass is 35.5. The monoisotopic (exact) mass is 345 g/mol. The highest BCUT2D eigenvalue weighted by molar-refractivity contribution is 6.31. The summed E-state index contributed by atoms with van der Waals surface area (Å²) in [6.45, 7) is 1.70. The fourth-order valence-corrected chi connectivity index (χ4v) is 3.11. The maximum absolute atomic E-state index is 11.7. The summed E-state index contributed by atoms with van der Waals surface area (Å²) in [4.78, 5) is 16.1. The van der Waals surface area contributed by atoms with Gasteiger partial charge in [-0.2, -0.15) is 0 Å². The molecule has 0 aliphatic heterocycles. The molecule has 0 saturated carbocycles. The quantitative estimate of drug-likeness (QED) is 0.714. The molecule has 5 heteroatoms. The molecule has 0 spiro atoms. The van der Waals surface area contributed by atoms with Crippen molar-refractivity contribution in [1.82, 2.24) is 4.98 Å². The Balaban J connectivity index is 2.31. The first-order valence-corrected chi connectivity index (χ1v) is 7.78. The average Bonchev–Trinajstić information content (AvgIpc) is 2.49. The molecule has 0 unspecified atom stereocenters. The number of hydrogen-bond acceptors (Lipinski definition) is 2. The maximum Gasteiger partial charge on any atom is 0.337 e. The normalized spacial score (nSPS) is 10.9. The Morgan fingerprint density at radius 2 is 1.91 bits per heavy atom. The van der Waals surface area contributed by atoms with Crippen molar-refractivity contribution in [2.45, 2.75) is 13.3 Å². The summed E-state index contributed by atoms with van der Waals surface area (Å²) in [6, 6.07) is 12.7. The van der Waals surface area contributed by atoms with Crippen molar-refractivity contribution in [3.05, 3.63) is 74.9 Å². The molecule has 0 amide bonds. The smallest absolute Gasteiger partial charge is 0.337 e. The third-order valence-electron chi connectivity index (χ3n) is 3.77. The first-order chi connectivity index (χ1) is 11.0. The van der Waals surface area contributed by atoms with Crippen LogP contribution in [0.2, 0.25) is 10.0 Å². The van der Waals surface area contributed by atoms with Crippen LogP contribution in [0.15, 0.2) is 42.5 Å². The number of rotatable bonds is 3. The van der Waals surface area contributed by atoms with E-state index in [1.807, 2.05) is 18.2 Å². The van der Waals surface area contributed by atoms with E-state index in [0.29, 0.717) is 27.7 Å². The standard InChI is InChI=1S/C18H13Cl2NO2/c1-10-17(18(22)23)14(8-11-4-2-3-5-15(11)20)13-9-12(19)6-7-16(13)21-10/h2-7,9H,8H2,1H3,(H,22,23). The number of halogens is 2. The van der Waals surface area contributed by atoms with Crippen molar-refractivity contribution in [2.24, 2.45) is 0 Å². The Bertz CT molecular complexity index is 922. The molecule has 1 N–H and O–H groups in total. The summed E-state index contributed by atoms with van der Waals surface area (Å²) < 4.78 is 0. The molecule has 1 aromatic heterocycles. The lowest BCUT2D eigenvalue weighted by Gasteiger charge is -2.14. The van der Waals surface area contributed by atoms with Crippen LogP contribution < -0.4 is 0 Å². The number of carboxylic acid groups (broad SMARTS) is 1. The molecule has 2 aromatic carbocycles. The van der Waals surface area contributed by atoms with Gasteiger partial charge in [-0.15, -0.1) is 0 Å². The minimum absolute atomic E-state index is 0.208. The average molecular weight is 346 g/mol. The van der Waals surface area contributed by atoms with Gasteiger partial charge in [0.2, 0.25) is 0 Å². The van der Waals surface area contributed by atoms with Gasteiger partial charge < -0.3 is 5.11 Å². The fraction of sp³-hybridized carbons (Fsp3) is 0.111. The van der Waals surface area contributed by atoms with Gasteiger partial charge in [-0.3, -0.25) is 4.98 Å². The predicted molar refractivity (Wildman–Crippen MR) is 92.7 cm³/mol. The van der Waals surface area contributed by atoms with E-state index in [4.69, 9.17) is 23.2 Å². The molecule has 3 rings (SSSR count). The summed E-state index contributed by atoms with van der Waals surface area (Å²) >= 11 is 12.3. The SMILES string of the molecule is Cc1nc2ccc(Cl)cc2c(Cc2ccccc2Cl)c1C(=O)O. The zero-order valence-corrected chi connectivity index (χ0v) is 13.8. The van der Waals surface area contributed by atoms with Gasteiger partial charge in [-0.1, -0.05) is 41.4 Å². The first kappa shape index (κ1) is 15.8. The van der Waals surface area contributed by atoms with E-state index in [0.717, 1.165) is 16.5 Å². The number of pyridine rings is 1. The molecule has 0 radical (unpaired) electrons. The van der Waals surface area contributed by atoms with Gasteiger partial charge >= 0.3 is 5.97 Å². The van der Waals surface area contributed by atoms with Gasteiger partial charge in [0.25, 0.3) is 0 Å². The number of fused-ring (bicyclic) bond motifs is 1. The topological polar surface area (TPSA) is 50.2 Å². The first-order valence-electron chi connectivity index (χ1n) is 7.03. The van der Waals surface area contributed by atoms with E-state index >= 15 is 0 Å². The number of benzene rings is 2. The van der Waals surface area contributed by atoms with E-state index in [2.05, 4.69) is 4.98 Å². The van der Waals surface area contributed by atoms with Crippen molar-refractivity contribution in [1.29, 1.82) is 0 Å². The number of aromatic nitrogens is 1. The van der Waals surface area contributed by atoms with Crippen LogP contribution in [0.4, 0.5) is 0 Å². The van der Waals surface area contributed by atoms with Gasteiger partial charge in [0.15, 0.2) is 0 Å². The van der Waals surface area contributed by atoms with E-state index in [1.54, 1.807) is 31.2 Å². The second-order valence-electron chi connectivity index (χ2n) is 5.29. The van der Waals surface area contributed by atoms with Crippen LogP contribution in [0.3, 0.4) is 0 Å². The summed E-state index contributed by atoms with van der Waals surface area (Å²) in [6.07, 6.45) is 0.404. The molecular weight excluding hydrogens is 333 g/mol. The molecule has 3 nitrogen and oxygen atoms in total. The van der Waals surface area contributed by atoms with E-state index in [1.165, 1.54) is 0 Å². The Kier molecular flexibility index (Phi) is 4.24. The van der Waals surface area contributed by atoms with Crippen LogP contribution in [-0.4, -0.2) is 16.1 Å². The lowest BCUT2D eigenvalue weighted by atomic mass is 9.94. The molecule has 0 saturated heterocycles. The predicted octanol–water partition coefficient (Wildman–Crippen LogP) is 5.14. The minimum atomic E-state index is -1.00. The molecule has 1 heterocycles. The highest BCUT2D eigenvalue weighted by Crippen LogP contribution is 2.30. The van der Waals surface area contributed by atoms with Gasteiger partial charge in [0.1, 0.15) is 0 Å². The summed E-state index contributed by atoms with van der Waals surface area (Å²) in [5.41, 5.74) is 2.95. The van der Waals surface area contributed by atoms with Crippen molar-refractivity contribution in [3.8, 4) is 0 Å². The second kappa shape index (κ2) is 6.19. The minimum Gasteiger partial charge on any atom is -0.478 e. The molecular formula is C18H13Cl2NO2. The Morgan fingerprint density at radius 3 is 2.61 bits per heavy atom. The second-order valence-corrected chi connectivity index (χ2v) is 6.13. The summed E-state index contributed by atoms with van der Waals surface area (Å²) in [5, 5.41) is 11.5. The Labute approximate surface area is 143 Å². The van der Waals surface area contributed by atoms with E-state index in [-0.39, 0.29) is 5.56 Å². The molecule has 116 valence electrons. The zero-order valence-electron chi connectivity index (χ0n) is 12.3. The van der Waals surface area contributed by atoms with Crippen LogP contribution in [0.25, 0.3) is 10.9 Å². The van der Waals surface area contributed by atoms with Crippen LogP contribution in [0.1, 0.15) is 27.2 Å². The lowest BCUT2D eigenvalue weighted by molar-refractivity contribution is 0.0695. The van der Waals surface area contributed by atoms with Crippen molar-refractivity contribution >= 4 is 40.1 Å². The van der Waals surface area contributed by atoms with E-state index < -0.39 is 5.97 Å². The zero-order chi connectivity index (χ0) is 16.6. The number of nitrogens with zero attached hydrogens (tertiary/aromatic N) is 1. The summed E-state index contributed by atoms with van der Waals surface area (Å²) in [7, 11) is 0. The number of aryl methyl sites for hydroxylation is 1. The van der Waals surface area contributed by atoms with Crippen molar-refractivity contribution < 1.29 is 9.90 Å². The Morgan fingerprint density at radius 1 is 1.17 bits per heavy atom. The van der Waals surface area contributed by atoms with Crippen LogP contribution in [-0.2, 0) is 6.42 Å². The largest absolute Gasteiger partial charge is 0.478 e. The van der Waals surface area contributed by atoms with Crippen molar-refractivity contribution in [2.75, 3.05) is 0 Å². The Hall–Kier alpha value is -2.10. The van der Waals surface area contributed by atoms with Gasteiger partial charge in [0.05, 0.1) is 16.8 Å². The van der Waals surface area contributed by atoms with Crippen LogP contribution in [0, 0.1) is 6.92 Å². The van der Waals surface area contributed by atoms with Crippen LogP contribution in [0.5, 0.6) is 0 Å². The van der Waals surface area contributed by atoms with Gasteiger partial charge in [0, 0.05) is 21.9 Å². The lowest BCUT2D eigenvalue weighted by Crippen LogP contribution is -2.09. The van der Waals surface area contributed by atoms with Gasteiger partial charge in [-0.25, -0.2) is 4.79 Å². The van der Waals surface area contributed by atoms with Crippen LogP contribution >= 0.6 is 23.2 Å². The van der Waals surface area contributed by atoms with Gasteiger partial charge in [-0.05, 0) is 42.3 Å². The summed E-state index contributed by atoms with van der Waals surface area (Å²) in [5.74, 6) is -1.00. The molecule has 3 aromatic rings. The molecule has 0 bridgehead atoms. The molecule has 23 heavy (non-hydrogen) atoms. The number of carbonyl (C=O) groups is 1. The third-order valence-corrected chi connectivity index (χ3v) is 4.38. The third kappa shape index (κ3) is 3.03. The maximum atomic E-state index is 11.7.